The Morgan fingerprint density at radius 1 is 1.20 bits per heavy atom. The third-order valence-electron chi connectivity index (χ3n) is 4.31. The second-order valence-electron chi connectivity index (χ2n) is 5.48. The number of fused-ring (bicyclic) bond motifs is 2. The molecule has 20 heavy (non-hydrogen) atoms. The average Bonchev–Trinajstić information content (AvgIpc) is 2.43. The second-order valence-corrected chi connectivity index (χ2v) is 5.48. The summed E-state index contributed by atoms with van der Waals surface area (Å²) < 4.78 is 5.32. The summed E-state index contributed by atoms with van der Waals surface area (Å²) in [6.45, 7) is 0.632. The number of nitrogens with zero attached hydrogens (tertiary/aromatic N) is 1. The Kier molecular flexibility index (Phi) is 2.28. The summed E-state index contributed by atoms with van der Waals surface area (Å²) >= 11 is 0. The van der Waals surface area contributed by atoms with Gasteiger partial charge in [-0.3, -0.25) is 14.4 Å². The molecule has 5 heteroatoms. The quantitative estimate of drug-likeness (QED) is 0.524. The smallest absolute Gasteiger partial charge is 0.313 e. The van der Waals surface area contributed by atoms with Gasteiger partial charge in [0.1, 0.15) is 18.4 Å². The van der Waals surface area contributed by atoms with Crippen LogP contribution in [0.5, 0.6) is 0 Å². The number of rotatable bonds is 0. The zero-order chi connectivity index (χ0) is 13.9. The number of benzene rings is 1. The number of esters is 1. The van der Waals surface area contributed by atoms with Gasteiger partial charge < -0.3 is 9.64 Å². The van der Waals surface area contributed by atoms with Crippen molar-refractivity contribution in [3.05, 3.63) is 29.3 Å². The van der Waals surface area contributed by atoms with Crippen molar-refractivity contribution in [3.8, 4) is 0 Å². The van der Waals surface area contributed by atoms with Crippen LogP contribution in [-0.4, -0.2) is 24.2 Å². The number of aryl methyl sites for hydroxylation is 1. The molecule has 0 bridgehead atoms. The van der Waals surface area contributed by atoms with Gasteiger partial charge in [0, 0.05) is 12.1 Å². The van der Waals surface area contributed by atoms with Crippen LogP contribution >= 0.6 is 0 Å². The van der Waals surface area contributed by atoms with Crippen LogP contribution < -0.4 is 4.90 Å². The monoisotopic (exact) mass is 271 g/mol. The molecule has 0 N–H and O–H groups in total. The lowest BCUT2D eigenvalue weighted by molar-refractivity contribution is -0.166. The largest absolute Gasteiger partial charge is 0.456 e. The molecule has 3 aliphatic rings. The number of hydrogen-bond acceptors (Lipinski definition) is 4. The highest BCUT2D eigenvalue weighted by Crippen LogP contribution is 2.46. The van der Waals surface area contributed by atoms with Crippen LogP contribution in [0.25, 0.3) is 0 Å². The maximum absolute atomic E-state index is 12.6. The number of hydrogen-bond donors (Lipinski definition) is 0. The Hall–Kier alpha value is -2.17. The van der Waals surface area contributed by atoms with E-state index in [-0.39, 0.29) is 18.1 Å². The van der Waals surface area contributed by atoms with E-state index >= 15 is 0 Å². The number of ether oxygens (including phenoxy) is 1. The number of carbonyl (C=O) groups excluding carboxylic acids is 3. The predicted molar refractivity (Wildman–Crippen MR) is 69.1 cm³/mol. The van der Waals surface area contributed by atoms with Crippen molar-refractivity contribution in [2.24, 2.45) is 5.92 Å². The van der Waals surface area contributed by atoms with E-state index in [2.05, 4.69) is 0 Å². The second kappa shape index (κ2) is 3.91. The number of carbonyl (C=O) groups is 3. The highest BCUT2D eigenvalue weighted by atomic mass is 16.5. The van der Waals surface area contributed by atoms with E-state index in [4.69, 9.17) is 4.74 Å². The van der Waals surface area contributed by atoms with Crippen molar-refractivity contribution in [3.63, 3.8) is 0 Å². The van der Waals surface area contributed by atoms with E-state index in [0.29, 0.717) is 6.54 Å². The van der Waals surface area contributed by atoms with Gasteiger partial charge in [-0.25, -0.2) is 0 Å². The lowest BCUT2D eigenvalue weighted by atomic mass is 9.80. The molecule has 1 saturated heterocycles. The maximum Gasteiger partial charge on any atom is 0.313 e. The lowest BCUT2D eigenvalue weighted by Gasteiger charge is -2.42. The van der Waals surface area contributed by atoms with Crippen LogP contribution in [-0.2, 0) is 25.5 Å². The fourth-order valence-corrected chi connectivity index (χ4v) is 3.48. The molecule has 0 aromatic heterocycles. The van der Waals surface area contributed by atoms with Gasteiger partial charge in [-0.2, -0.15) is 0 Å². The number of Topliss-reactive ketones (excluding diaryl/α,β-unsaturated/α-hetero) is 1. The van der Waals surface area contributed by atoms with Crippen molar-refractivity contribution in [1.82, 2.24) is 0 Å². The van der Waals surface area contributed by atoms with Gasteiger partial charge in [0.25, 0.3) is 0 Å². The summed E-state index contributed by atoms with van der Waals surface area (Å²) in [5, 5.41) is 0. The molecule has 3 heterocycles. The third-order valence-corrected chi connectivity index (χ3v) is 4.31. The minimum atomic E-state index is -0.853. The molecular weight excluding hydrogens is 258 g/mol. The first kappa shape index (κ1) is 11.6. The molecule has 0 unspecified atom stereocenters. The van der Waals surface area contributed by atoms with E-state index in [1.165, 1.54) is 0 Å². The first-order valence-corrected chi connectivity index (χ1v) is 6.82. The first-order valence-electron chi connectivity index (χ1n) is 6.82. The Morgan fingerprint density at radius 2 is 2.05 bits per heavy atom. The van der Waals surface area contributed by atoms with Crippen molar-refractivity contribution in [2.45, 2.75) is 25.4 Å². The Balaban J connectivity index is 1.94. The van der Waals surface area contributed by atoms with Crippen LogP contribution in [0.2, 0.25) is 0 Å². The molecule has 0 spiro atoms. The summed E-state index contributed by atoms with van der Waals surface area (Å²) in [5.74, 6) is -1.93. The zero-order valence-corrected chi connectivity index (χ0v) is 10.8. The average molecular weight is 271 g/mol. The van der Waals surface area contributed by atoms with Crippen LogP contribution in [0.1, 0.15) is 30.1 Å². The topological polar surface area (TPSA) is 63.7 Å². The van der Waals surface area contributed by atoms with Crippen molar-refractivity contribution in [2.75, 3.05) is 11.4 Å². The first-order chi connectivity index (χ1) is 9.66. The molecule has 5 nitrogen and oxygen atoms in total. The van der Waals surface area contributed by atoms with Gasteiger partial charge >= 0.3 is 5.97 Å². The van der Waals surface area contributed by atoms with Gasteiger partial charge in [-0.05, 0) is 18.4 Å². The fourth-order valence-electron chi connectivity index (χ4n) is 3.48. The highest BCUT2D eigenvalue weighted by Gasteiger charge is 2.50. The minimum Gasteiger partial charge on any atom is -0.456 e. The summed E-state index contributed by atoms with van der Waals surface area (Å²) in [4.78, 5) is 37.9. The summed E-state index contributed by atoms with van der Waals surface area (Å²) in [5.41, 5.74) is 2.75. The van der Waals surface area contributed by atoms with Gasteiger partial charge in [-0.1, -0.05) is 18.2 Å². The standard InChI is InChI=1S/C15H13NO4/c17-10-7-11(18)20-14-9-5-1-3-8-4-2-6-16(13(8)9)15(19)12(10)14/h1,3,5,12,14H,2,4,6-7H2/t12-,14+/m0/s1. The highest BCUT2D eigenvalue weighted by molar-refractivity contribution is 6.16. The lowest BCUT2D eigenvalue weighted by Crippen LogP contribution is -2.51. The molecule has 1 aromatic carbocycles. The Morgan fingerprint density at radius 3 is 2.90 bits per heavy atom. The van der Waals surface area contributed by atoms with Crippen LogP contribution in [0, 0.1) is 5.92 Å². The molecular formula is C15H13NO4. The van der Waals surface area contributed by atoms with Crippen molar-refractivity contribution < 1.29 is 19.1 Å². The number of para-hydroxylation sites is 1. The molecule has 0 aliphatic carbocycles. The number of anilines is 1. The third kappa shape index (κ3) is 1.40. The molecule has 102 valence electrons. The summed E-state index contributed by atoms with van der Waals surface area (Å²) in [7, 11) is 0. The fraction of sp³-hybridized carbons (Fsp3) is 0.400. The van der Waals surface area contributed by atoms with E-state index < -0.39 is 18.0 Å². The number of ketones is 1. The molecule has 1 fully saturated rings. The zero-order valence-electron chi connectivity index (χ0n) is 10.8. The SMILES string of the molecule is O=C1CC(=O)[C@@H]2C(=O)N3CCCc4cccc(c43)[C@H]2O1. The molecule has 4 rings (SSSR count). The molecule has 1 amide bonds. The van der Waals surface area contributed by atoms with Crippen molar-refractivity contribution in [1.29, 1.82) is 0 Å². The van der Waals surface area contributed by atoms with E-state index in [1.807, 2.05) is 18.2 Å². The maximum atomic E-state index is 12.6. The molecule has 3 aliphatic heterocycles. The Labute approximate surface area is 115 Å². The molecule has 0 radical (unpaired) electrons. The number of amides is 1. The van der Waals surface area contributed by atoms with Gasteiger partial charge in [0.05, 0.1) is 5.69 Å². The molecule has 1 aromatic rings. The van der Waals surface area contributed by atoms with Crippen molar-refractivity contribution >= 4 is 23.3 Å². The predicted octanol–water partition coefficient (Wildman–Crippen LogP) is 1.15. The van der Waals surface area contributed by atoms with Crippen LogP contribution in [0.15, 0.2) is 18.2 Å². The molecule has 2 atom stereocenters. The summed E-state index contributed by atoms with van der Waals surface area (Å²) in [6.07, 6.45) is 0.774. The van der Waals surface area contributed by atoms with E-state index in [0.717, 1.165) is 29.7 Å². The van der Waals surface area contributed by atoms with Gasteiger partial charge in [-0.15, -0.1) is 0 Å². The van der Waals surface area contributed by atoms with Gasteiger partial charge in [0.2, 0.25) is 5.91 Å². The summed E-state index contributed by atoms with van der Waals surface area (Å²) in [6, 6.07) is 5.75. The van der Waals surface area contributed by atoms with E-state index in [1.54, 1.807) is 4.90 Å². The molecule has 0 saturated carbocycles. The normalized spacial score (nSPS) is 27.8. The van der Waals surface area contributed by atoms with E-state index in [9.17, 15) is 14.4 Å². The Bertz CT molecular complexity index is 651. The van der Waals surface area contributed by atoms with Gasteiger partial charge in [0.15, 0.2) is 5.78 Å². The minimum absolute atomic E-state index is 0.216. The van der Waals surface area contributed by atoms with Crippen LogP contribution in [0.4, 0.5) is 5.69 Å². The van der Waals surface area contributed by atoms with Crippen LogP contribution in [0.3, 0.4) is 0 Å².